The number of rotatable bonds is 4. The Labute approximate surface area is 122 Å². The van der Waals surface area contributed by atoms with E-state index >= 15 is 0 Å². The molecule has 0 saturated heterocycles. The monoisotopic (exact) mass is 344 g/mol. The predicted octanol–water partition coefficient (Wildman–Crippen LogP) is 3.61. The van der Waals surface area contributed by atoms with Gasteiger partial charge in [0.05, 0.1) is 6.04 Å². The Hall–Kier alpha value is -1.37. The van der Waals surface area contributed by atoms with Gasteiger partial charge in [-0.3, -0.25) is 11.3 Å². The summed E-state index contributed by atoms with van der Waals surface area (Å²) >= 11 is 3.17. The molecule has 0 radical (unpaired) electrons. The third-order valence-electron chi connectivity index (χ3n) is 2.96. The Kier molecular flexibility index (Phi) is 4.80. The van der Waals surface area contributed by atoms with Crippen LogP contribution in [0, 0.1) is 17.5 Å². The Bertz CT molecular complexity index is 619. The van der Waals surface area contributed by atoms with Crippen molar-refractivity contribution in [1.29, 1.82) is 0 Å². The molecule has 1 unspecified atom stereocenters. The van der Waals surface area contributed by atoms with Crippen molar-refractivity contribution in [2.75, 3.05) is 0 Å². The molecule has 0 heterocycles. The van der Waals surface area contributed by atoms with Gasteiger partial charge in [0.2, 0.25) is 0 Å². The lowest BCUT2D eigenvalue weighted by Gasteiger charge is -2.17. The minimum absolute atomic E-state index is 0.242. The van der Waals surface area contributed by atoms with E-state index in [0.29, 0.717) is 15.6 Å². The molecule has 0 amide bonds. The topological polar surface area (TPSA) is 38.0 Å². The van der Waals surface area contributed by atoms with Crippen molar-refractivity contribution in [2.24, 2.45) is 5.84 Å². The van der Waals surface area contributed by atoms with Crippen molar-refractivity contribution in [3.63, 3.8) is 0 Å². The van der Waals surface area contributed by atoms with Gasteiger partial charge in [-0.25, -0.2) is 13.2 Å². The van der Waals surface area contributed by atoms with Gasteiger partial charge in [0, 0.05) is 10.0 Å². The van der Waals surface area contributed by atoms with E-state index < -0.39 is 23.5 Å². The summed E-state index contributed by atoms with van der Waals surface area (Å²) in [7, 11) is 0. The van der Waals surface area contributed by atoms with Crippen LogP contribution in [0.1, 0.15) is 17.2 Å². The first-order chi connectivity index (χ1) is 9.51. The molecule has 1 atom stereocenters. The van der Waals surface area contributed by atoms with Crippen LogP contribution in [0.25, 0.3) is 0 Å². The third kappa shape index (κ3) is 3.39. The second-order valence-electron chi connectivity index (χ2n) is 4.34. The first-order valence-corrected chi connectivity index (χ1v) is 6.65. The molecular formula is C14H12BrF3N2. The summed E-state index contributed by atoms with van der Waals surface area (Å²) in [6, 6.07) is 7.63. The highest BCUT2D eigenvalue weighted by Crippen LogP contribution is 2.24. The molecule has 20 heavy (non-hydrogen) atoms. The van der Waals surface area contributed by atoms with Gasteiger partial charge in [-0.1, -0.05) is 28.1 Å². The van der Waals surface area contributed by atoms with E-state index in [1.165, 1.54) is 12.1 Å². The van der Waals surface area contributed by atoms with Gasteiger partial charge in [-0.05, 0) is 36.2 Å². The average Bonchev–Trinajstić information content (AvgIpc) is 2.41. The Morgan fingerprint density at radius 2 is 1.75 bits per heavy atom. The van der Waals surface area contributed by atoms with Crippen LogP contribution in [0.15, 0.2) is 40.9 Å². The molecule has 0 aromatic heterocycles. The molecule has 2 nitrogen and oxygen atoms in total. The van der Waals surface area contributed by atoms with Crippen molar-refractivity contribution in [3.8, 4) is 0 Å². The molecular weight excluding hydrogens is 333 g/mol. The molecule has 2 rings (SSSR count). The third-order valence-corrected chi connectivity index (χ3v) is 3.46. The number of hydrazine groups is 1. The maximum atomic E-state index is 13.9. The number of hydrogen-bond acceptors (Lipinski definition) is 2. The quantitative estimate of drug-likeness (QED) is 0.656. The fourth-order valence-corrected chi connectivity index (χ4v) is 2.28. The summed E-state index contributed by atoms with van der Waals surface area (Å²) < 4.78 is 40.5. The SMILES string of the molecule is NNC(Cc1ccc(F)c(F)c1)c1ccc(Br)cc1F. The van der Waals surface area contributed by atoms with Gasteiger partial charge in [0.15, 0.2) is 11.6 Å². The first-order valence-electron chi connectivity index (χ1n) is 5.86. The van der Waals surface area contributed by atoms with E-state index in [1.807, 2.05) is 0 Å². The van der Waals surface area contributed by atoms with Crippen molar-refractivity contribution in [2.45, 2.75) is 12.5 Å². The largest absolute Gasteiger partial charge is 0.271 e. The van der Waals surface area contributed by atoms with Gasteiger partial charge < -0.3 is 0 Å². The van der Waals surface area contributed by atoms with Crippen LogP contribution in [0.4, 0.5) is 13.2 Å². The molecule has 0 fully saturated rings. The molecule has 0 aliphatic rings. The normalized spacial score (nSPS) is 12.4. The second kappa shape index (κ2) is 6.39. The Morgan fingerprint density at radius 1 is 1.00 bits per heavy atom. The van der Waals surface area contributed by atoms with Crippen LogP contribution >= 0.6 is 15.9 Å². The number of nitrogens with one attached hydrogen (secondary N) is 1. The van der Waals surface area contributed by atoms with Gasteiger partial charge in [-0.15, -0.1) is 0 Å². The molecule has 0 bridgehead atoms. The number of nitrogens with two attached hydrogens (primary N) is 1. The van der Waals surface area contributed by atoms with Crippen LogP contribution < -0.4 is 11.3 Å². The summed E-state index contributed by atoms with van der Waals surface area (Å²) in [4.78, 5) is 0. The average molecular weight is 345 g/mol. The van der Waals surface area contributed by atoms with E-state index in [-0.39, 0.29) is 6.42 Å². The highest BCUT2D eigenvalue weighted by molar-refractivity contribution is 9.10. The zero-order valence-electron chi connectivity index (χ0n) is 10.3. The molecule has 0 spiro atoms. The van der Waals surface area contributed by atoms with Crippen LogP contribution in [-0.4, -0.2) is 0 Å². The minimum Gasteiger partial charge on any atom is -0.271 e. The molecule has 0 aliphatic carbocycles. The van der Waals surface area contributed by atoms with Crippen LogP contribution in [0.2, 0.25) is 0 Å². The number of hydrogen-bond donors (Lipinski definition) is 2. The van der Waals surface area contributed by atoms with Crippen LogP contribution in [-0.2, 0) is 6.42 Å². The summed E-state index contributed by atoms with van der Waals surface area (Å²) in [5, 5.41) is 0. The van der Waals surface area contributed by atoms with Gasteiger partial charge in [-0.2, -0.15) is 0 Å². The lowest BCUT2D eigenvalue weighted by molar-refractivity contribution is 0.495. The van der Waals surface area contributed by atoms with E-state index in [0.717, 1.165) is 12.1 Å². The van der Waals surface area contributed by atoms with Crippen molar-refractivity contribution in [1.82, 2.24) is 5.43 Å². The Balaban J connectivity index is 2.26. The highest BCUT2D eigenvalue weighted by Gasteiger charge is 2.16. The van der Waals surface area contributed by atoms with Crippen LogP contribution in [0.3, 0.4) is 0 Å². The van der Waals surface area contributed by atoms with Crippen molar-refractivity contribution < 1.29 is 13.2 Å². The van der Waals surface area contributed by atoms with Crippen molar-refractivity contribution in [3.05, 3.63) is 69.4 Å². The van der Waals surface area contributed by atoms with E-state index in [2.05, 4.69) is 21.4 Å². The second-order valence-corrected chi connectivity index (χ2v) is 5.25. The summed E-state index contributed by atoms with van der Waals surface area (Å²) in [5.41, 5.74) is 3.37. The smallest absolute Gasteiger partial charge is 0.159 e. The fraction of sp³-hybridized carbons (Fsp3) is 0.143. The molecule has 6 heteroatoms. The fourth-order valence-electron chi connectivity index (χ4n) is 1.95. The number of benzene rings is 2. The van der Waals surface area contributed by atoms with Gasteiger partial charge in [0.1, 0.15) is 5.82 Å². The van der Waals surface area contributed by atoms with Gasteiger partial charge >= 0.3 is 0 Å². The molecule has 106 valence electrons. The predicted molar refractivity (Wildman–Crippen MR) is 74.2 cm³/mol. The highest BCUT2D eigenvalue weighted by atomic mass is 79.9. The van der Waals surface area contributed by atoms with E-state index in [1.54, 1.807) is 12.1 Å². The van der Waals surface area contributed by atoms with Gasteiger partial charge in [0.25, 0.3) is 0 Å². The lowest BCUT2D eigenvalue weighted by Crippen LogP contribution is -2.30. The maximum absolute atomic E-state index is 13.9. The summed E-state index contributed by atoms with van der Waals surface area (Å²) in [6.45, 7) is 0. The van der Waals surface area contributed by atoms with E-state index in [4.69, 9.17) is 5.84 Å². The molecule has 2 aromatic rings. The Morgan fingerprint density at radius 3 is 2.35 bits per heavy atom. The summed E-state index contributed by atoms with van der Waals surface area (Å²) in [5.74, 6) is 3.15. The standard InChI is InChI=1S/C14H12BrF3N2/c15-9-2-3-10(12(17)7-9)14(20-19)6-8-1-4-11(16)13(18)5-8/h1-5,7,14,20H,6,19H2. The maximum Gasteiger partial charge on any atom is 0.159 e. The minimum atomic E-state index is -0.936. The van der Waals surface area contributed by atoms with Crippen molar-refractivity contribution >= 4 is 15.9 Å². The van der Waals surface area contributed by atoms with Crippen LogP contribution in [0.5, 0.6) is 0 Å². The lowest BCUT2D eigenvalue weighted by atomic mass is 9.99. The molecule has 2 aromatic carbocycles. The zero-order chi connectivity index (χ0) is 14.7. The zero-order valence-corrected chi connectivity index (χ0v) is 11.9. The molecule has 0 aliphatic heterocycles. The number of halogens is 4. The molecule has 3 N–H and O–H groups in total. The molecule has 0 saturated carbocycles. The van der Waals surface area contributed by atoms with E-state index in [9.17, 15) is 13.2 Å². The summed E-state index contributed by atoms with van der Waals surface area (Å²) in [6.07, 6.45) is 0.242. The first kappa shape index (κ1) is 15.0.